The van der Waals surface area contributed by atoms with Crippen LogP contribution in [-0.2, 0) is 9.53 Å². The lowest BCUT2D eigenvalue weighted by Crippen LogP contribution is -2.55. The molecule has 4 nitrogen and oxygen atoms in total. The second kappa shape index (κ2) is 4.94. The molecule has 17 heavy (non-hydrogen) atoms. The van der Waals surface area contributed by atoms with Gasteiger partial charge in [-0.3, -0.25) is 4.79 Å². The van der Waals surface area contributed by atoms with Gasteiger partial charge in [0.1, 0.15) is 0 Å². The highest BCUT2D eigenvalue weighted by atomic mass is 16.5. The Morgan fingerprint density at radius 1 is 0.941 bits per heavy atom. The van der Waals surface area contributed by atoms with Crippen molar-refractivity contribution in [2.45, 2.75) is 57.0 Å². The van der Waals surface area contributed by atoms with Gasteiger partial charge < -0.3 is 14.9 Å². The van der Waals surface area contributed by atoms with Gasteiger partial charge in [0.05, 0.1) is 11.0 Å². The van der Waals surface area contributed by atoms with Gasteiger partial charge in [0.2, 0.25) is 0 Å². The summed E-state index contributed by atoms with van der Waals surface area (Å²) < 4.78 is 5.26. The summed E-state index contributed by atoms with van der Waals surface area (Å²) in [4.78, 5) is 11.7. The molecule has 1 aliphatic carbocycles. The molecule has 1 saturated heterocycles. The van der Waals surface area contributed by atoms with Crippen molar-refractivity contribution in [3.63, 3.8) is 0 Å². The van der Waals surface area contributed by atoms with Crippen LogP contribution in [0.3, 0.4) is 0 Å². The molecule has 0 amide bonds. The zero-order chi connectivity index (χ0) is 12.4. The first-order valence-corrected chi connectivity index (χ1v) is 6.64. The number of hydrogen-bond donors (Lipinski definition) is 2. The van der Waals surface area contributed by atoms with Gasteiger partial charge in [-0.25, -0.2) is 0 Å². The predicted octanol–water partition coefficient (Wildman–Crippen LogP) is 1.95. The zero-order valence-electron chi connectivity index (χ0n) is 10.3. The Hall–Kier alpha value is -0.610. The molecule has 0 spiro atoms. The van der Waals surface area contributed by atoms with E-state index >= 15 is 0 Å². The highest BCUT2D eigenvalue weighted by Gasteiger charge is 2.55. The van der Waals surface area contributed by atoms with Crippen molar-refractivity contribution in [3.8, 4) is 0 Å². The van der Waals surface area contributed by atoms with E-state index in [0.29, 0.717) is 38.9 Å². The van der Waals surface area contributed by atoms with Crippen LogP contribution in [0, 0.1) is 5.41 Å². The number of ether oxygens (including phenoxy) is 1. The molecular formula is C13H22O4. The molecule has 98 valence electrons. The van der Waals surface area contributed by atoms with Crippen LogP contribution in [-0.4, -0.2) is 35.0 Å². The van der Waals surface area contributed by atoms with E-state index in [1.165, 1.54) is 0 Å². The van der Waals surface area contributed by atoms with Crippen molar-refractivity contribution in [1.82, 2.24) is 0 Å². The third-order valence-corrected chi connectivity index (χ3v) is 4.58. The Balaban J connectivity index is 2.27. The SMILES string of the molecule is O=C(O)C1(C2(O)CCOCC2)CCCCCC1. The van der Waals surface area contributed by atoms with Crippen molar-refractivity contribution in [1.29, 1.82) is 0 Å². The van der Waals surface area contributed by atoms with Crippen molar-refractivity contribution in [2.24, 2.45) is 5.41 Å². The minimum absolute atomic E-state index is 0.458. The van der Waals surface area contributed by atoms with Gasteiger partial charge in [-0.15, -0.1) is 0 Å². The van der Waals surface area contributed by atoms with Crippen LogP contribution in [0.25, 0.3) is 0 Å². The van der Waals surface area contributed by atoms with Gasteiger partial charge in [0.15, 0.2) is 0 Å². The Morgan fingerprint density at radius 3 is 1.94 bits per heavy atom. The number of aliphatic carboxylic acids is 1. The van der Waals surface area contributed by atoms with E-state index in [4.69, 9.17) is 4.74 Å². The molecule has 0 unspecified atom stereocenters. The number of rotatable bonds is 2. The predicted molar refractivity (Wildman–Crippen MR) is 62.8 cm³/mol. The molecule has 2 N–H and O–H groups in total. The minimum atomic E-state index is -1.07. The van der Waals surface area contributed by atoms with Crippen LogP contribution >= 0.6 is 0 Å². The summed E-state index contributed by atoms with van der Waals surface area (Å²) in [7, 11) is 0. The highest BCUT2D eigenvalue weighted by Crippen LogP contribution is 2.48. The molecule has 1 heterocycles. The summed E-state index contributed by atoms with van der Waals surface area (Å²) in [6, 6.07) is 0. The third-order valence-electron chi connectivity index (χ3n) is 4.58. The maximum absolute atomic E-state index is 11.7. The molecule has 0 radical (unpaired) electrons. The Labute approximate surface area is 102 Å². The molecule has 2 aliphatic rings. The van der Waals surface area contributed by atoms with E-state index in [1.54, 1.807) is 0 Å². The Morgan fingerprint density at radius 2 is 1.47 bits per heavy atom. The summed E-state index contributed by atoms with van der Waals surface area (Å²) in [5, 5.41) is 20.4. The summed E-state index contributed by atoms with van der Waals surface area (Å²) in [6.07, 6.45) is 6.13. The average Bonchev–Trinajstić information content (AvgIpc) is 2.56. The molecule has 2 fully saturated rings. The quantitative estimate of drug-likeness (QED) is 0.726. The highest BCUT2D eigenvalue weighted by molar-refractivity contribution is 5.76. The molecule has 1 saturated carbocycles. The molecule has 0 aromatic rings. The maximum atomic E-state index is 11.7. The topological polar surface area (TPSA) is 66.8 Å². The van der Waals surface area contributed by atoms with Crippen LogP contribution in [0.2, 0.25) is 0 Å². The minimum Gasteiger partial charge on any atom is -0.481 e. The molecule has 2 rings (SSSR count). The van der Waals surface area contributed by atoms with Gasteiger partial charge in [-0.05, 0) is 12.8 Å². The first-order valence-electron chi connectivity index (χ1n) is 6.64. The molecule has 1 aliphatic heterocycles. The molecular weight excluding hydrogens is 220 g/mol. The average molecular weight is 242 g/mol. The normalized spacial score (nSPS) is 28.3. The number of aliphatic hydroxyl groups is 1. The van der Waals surface area contributed by atoms with Crippen LogP contribution in [0.4, 0.5) is 0 Å². The monoisotopic (exact) mass is 242 g/mol. The smallest absolute Gasteiger partial charge is 0.312 e. The van der Waals surface area contributed by atoms with Crippen LogP contribution in [0.5, 0.6) is 0 Å². The first kappa shape index (κ1) is 12.8. The van der Waals surface area contributed by atoms with E-state index in [2.05, 4.69) is 0 Å². The first-order chi connectivity index (χ1) is 8.11. The Bertz CT molecular complexity index is 273. The molecule has 0 bridgehead atoms. The lowest BCUT2D eigenvalue weighted by molar-refractivity contribution is -0.187. The van der Waals surface area contributed by atoms with Crippen molar-refractivity contribution >= 4 is 5.97 Å². The molecule has 0 atom stereocenters. The zero-order valence-corrected chi connectivity index (χ0v) is 10.3. The standard InChI is InChI=1S/C13H22O4/c14-11(15)12(5-3-1-2-4-6-12)13(16)7-9-17-10-8-13/h16H,1-10H2,(H,14,15). The number of carboxylic acids is 1. The van der Waals surface area contributed by atoms with E-state index < -0.39 is 17.0 Å². The van der Waals surface area contributed by atoms with Crippen LogP contribution in [0.1, 0.15) is 51.4 Å². The molecule has 0 aromatic carbocycles. The number of carbonyl (C=O) groups is 1. The molecule has 0 aromatic heterocycles. The van der Waals surface area contributed by atoms with Gasteiger partial charge in [-0.2, -0.15) is 0 Å². The van der Waals surface area contributed by atoms with Gasteiger partial charge in [0, 0.05) is 26.1 Å². The maximum Gasteiger partial charge on any atom is 0.312 e. The van der Waals surface area contributed by atoms with Crippen molar-refractivity contribution in [3.05, 3.63) is 0 Å². The number of hydrogen-bond acceptors (Lipinski definition) is 3. The summed E-state index contributed by atoms with van der Waals surface area (Å²) in [5.74, 6) is -0.816. The van der Waals surface area contributed by atoms with E-state index in [-0.39, 0.29) is 0 Å². The fraction of sp³-hybridized carbons (Fsp3) is 0.923. The fourth-order valence-corrected chi connectivity index (χ4v) is 3.40. The van der Waals surface area contributed by atoms with Crippen LogP contribution in [0.15, 0.2) is 0 Å². The second-order valence-electron chi connectivity index (χ2n) is 5.45. The number of carboxylic acid groups (broad SMARTS) is 1. The molecule has 4 heteroatoms. The van der Waals surface area contributed by atoms with Crippen LogP contribution < -0.4 is 0 Å². The lowest BCUT2D eigenvalue weighted by Gasteiger charge is -2.46. The Kier molecular flexibility index (Phi) is 3.73. The van der Waals surface area contributed by atoms with E-state index in [0.717, 1.165) is 25.7 Å². The van der Waals surface area contributed by atoms with E-state index in [9.17, 15) is 15.0 Å². The van der Waals surface area contributed by atoms with Gasteiger partial charge >= 0.3 is 5.97 Å². The van der Waals surface area contributed by atoms with Crippen molar-refractivity contribution in [2.75, 3.05) is 13.2 Å². The van der Waals surface area contributed by atoms with Gasteiger partial charge in [-0.1, -0.05) is 25.7 Å². The second-order valence-corrected chi connectivity index (χ2v) is 5.45. The summed E-state index contributed by atoms with van der Waals surface area (Å²) in [6.45, 7) is 0.955. The van der Waals surface area contributed by atoms with Gasteiger partial charge in [0.25, 0.3) is 0 Å². The van der Waals surface area contributed by atoms with Crippen molar-refractivity contribution < 1.29 is 19.7 Å². The third kappa shape index (κ3) is 2.20. The summed E-state index contributed by atoms with van der Waals surface area (Å²) in [5.41, 5.74) is -2.01. The lowest BCUT2D eigenvalue weighted by atomic mass is 9.63. The fourth-order valence-electron chi connectivity index (χ4n) is 3.40. The van der Waals surface area contributed by atoms with E-state index in [1.807, 2.05) is 0 Å². The largest absolute Gasteiger partial charge is 0.481 e. The summed E-state index contributed by atoms with van der Waals surface area (Å²) >= 11 is 0.